The second-order valence-electron chi connectivity index (χ2n) is 4.89. The normalized spacial score (nSPS) is 22.3. The Morgan fingerprint density at radius 3 is 2.85 bits per heavy atom. The number of morpholine rings is 1. The molecular weight excluding hydrogens is 258 g/mol. The number of carbonyl (C=O) groups is 2. The van der Waals surface area contributed by atoms with Crippen molar-refractivity contribution in [1.29, 1.82) is 0 Å². The molecule has 1 heterocycles. The van der Waals surface area contributed by atoms with Gasteiger partial charge in [-0.1, -0.05) is 6.07 Å². The predicted octanol–water partition coefficient (Wildman–Crippen LogP) is 0.409. The van der Waals surface area contributed by atoms with Crippen LogP contribution in [0, 0.1) is 6.92 Å². The van der Waals surface area contributed by atoms with Gasteiger partial charge in [-0.2, -0.15) is 0 Å². The monoisotopic (exact) mass is 277 g/mol. The van der Waals surface area contributed by atoms with Crippen LogP contribution in [0.25, 0.3) is 0 Å². The minimum Gasteiger partial charge on any atom is -0.375 e. The number of carbonyl (C=O) groups excluding carboxylic acids is 2. The Morgan fingerprint density at radius 2 is 2.20 bits per heavy atom. The second-order valence-corrected chi connectivity index (χ2v) is 4.89. The number of hydrogen-bond donors (Lipinski definition) is 3. The summed E-state index contributed by atoms with van der Waals surface area (Å²) in [6, 6.07) is 4.58. The molecule has 2 amide bonds. The van der Waals surface area contributed by atoms with Crippen LogP contribution in [0.4, 0.5) is 5.69 Å². The maximum atomic E-state index is 12.2. The van der Waals surface area contributed by atoms with Gasteiger partial charge in [0.15, 0.2) is 0 Å². The van der Waals surface area contributed by atoms with Gasteiger partial charge in [-0.25, -0.2) is 0 Å². The number of aryl methyl sites for hydroxylation is 1. The molecule has 0 saturated carbocycles. The third-order valence-corrected chi connectivity index (χ3v) is 3.38. The molecule has 4 N–H and O–H groups in total. The highest BCUT2D eigenvalue weighted by Crippen LogP contribution is 2.18. The SMILES string of the molecule is Cc1ccc(C(N)=O)cc1NC(=O)[C@H]1NCCO[C@@H]1C. The molecule has 0 spiro atoms. The molecule has 1 aliphatic rings. The molecule has 0 aromatic heterocycles. The van der Waals surface area contributed by atoms with Crippen molar-refractivity contribution in [3.63, 3.8) is 0 Å². The van der Waals surface area contributed by atoms with E-state index in [1.165, 1.54) is 0 Å². The Labute approximate surface area is 117 Å². The summed E-state index contributed by atoms with van der Waals surface area (Å²) in [6.45, 7) is 4.95. The second kappa shape index (κ2) is 6.02. The molecule has 1 fully saturated rings. The highest BCUT2D eigenvalue weighted by Gasteiger charge is 2.28. The largest absolute Gasteiger partial charge is 0.375 e. The van der Waals surface area contributed by atoms with Crippen LogP contribution in [0.15, 0.2) is 18.2 Å². The molecule has 108 valence electrons. The summed E-state index contributed by atoms with van der Waals surface area (Å²) in [7, 11) is 0. The van der Waals surface area contributed by atoms with Crippen LogP contribution >= 0.6 is 0 Å². The number of amides is 2. The van der Waals surface area contributed by atoms with Gasteiger partial charge in [0.25, 0.3) is 0 Å². The van der Waals surface area contributed by atoms with Gasteiger partial charge in [0.05, 0.1) is 12.7 Å². The van der Waals surface area contributed by atoms with Crippen molar-refractivity contribution in [2.75, 3.05) is 18.5 Å². The number of benzene rings is 1. The standard InChI is InChI=1S/C14H19N3O3/c1-8-3-4-10(13(15)18)7-11(8)17-14(19)12-9(2)20-6-5-16-12/h3-4,7,9,12,16H,5-6H2,1-2H3,(H2,15,18)(H,17,19)/t9-,12+/m1/s1. The number of nitrogens with two attached hydrogens (primary N) is 1. The maximum absolute atomic E-state index is 12.2. The first kappa shape index (κ1) is 14.5. The van der Waals surface area contributed by atoms with Gasteiger partial charge >= 0.3 is 0 Å². The van der Waals surface area contributed by atoms with Crippen LogP contribution < -0.4 is 16.4 Å². The van der Waals surface area contributed by atoms with Crippen molar-refractivity contribution in [2.45, 2.75) is 26.0 Å². The number of nitrogens with one attached hydrogen (secondary N) is 2. The van der Waals surface area contributed by atoms with E-state index in [2.05, 4.69) is 10.6 Å². The smallest absolute Gasteiger partial charge is 0.248 e. The predicted molar refractivity (Wildman–Crippen MR) is 75.5 cm³/mol. The highest BCUT2D eigenvalue weighted by molar-refractivity contribution is 5.98. The zero-order valence-electron chi connectivity index (χ0n) is 11.6. The summed E-state index contributed by atoms with van der Waals surface area (Å²) >= 11 is 0. The van der Waals surface area contributed by atoms with Crippen molar-refractivity contribution in [2.24, 2.45) is 5.73 Å². The maximum Gasteiger partial charge on any atom is 0.248 e. The van der Waals surface area contributed by atoms with E-state index in [1.54, 1.807) is 18.2 Å². The molecule has 1 aromatic rings. The zero-order valence-corrected chi connectivity index (χ0v) is 11.6. The Bertz CT molecular complexity index is 530. The van der Waals surface area contributed by atoms with Crippen molar-refractivity contribution in [1.82, 2.24) is 5.32 Å². The van der Waals surface area contributed by atoms with Gasteiger partial charge in [-0.15, -0.1) is 0 Å². The number of ether oxygens (including phenoxy) is 1. The molecule has 20 heavy (non-hydrogen) atoms. The fourth-order valence-corrected chi connectivity index (χ4v) is 2.15. The van der Waals surface area contributed by atoms with Crippen LogP contribution in [-0.2, 0) is 9.53 Å². The molecule has 1 aromatic carbocycles. The number of rotatable bonds is 3. The Hall–Kier alpha value is -1.92. The molecule has 2 rings (SSSR count). The van der Waals surface area contributed by atoms with Gasteiger partial charge in [0, 0.05) is 17.8 Å². The fourth-order valence-electron chi connectivity index (χ4n) is 2.15. The van der Waals surface area contributed by atoms with E-state index in [-0.39, 0.29) is 12.0 Å². The summed E-state index contributed by atoms with van der Waals surface area (Å²) in [6.07, 6.45) is -0.191. The van der Waals surface area contributed by atoms with E-state index >= 15 is 0 Å². The lowest BCUT2D eigenvalue weighted by molar-refractivity contribution is -0.123. The van der Waals surface area contributed by atoms with E-state index in [9.17, 15) is 9.59 Å². The first-order chi connectivity index (χ1) is 9.49. The lowest BCUT2D eigenvalue weighted by Gasteiger charge is -2.29. The van der Waals surface area contributed by atoms with Gasteiger partial charge in [-0.05, 0) is 31.5 Å². The molecule has 6 nitrogen and oxygen atoms in total. The summed E-state index contributed by atoms with van der Waals surface area (Å²) in [5.41, 5.74) is 7.07. The van der Waals surface area contributed by atoms with Crippen LogP contribution in [-0.4, -0.2) is 37.1 Å². The minimum atomic E-state index is -0.520. The van der Waals surface area contributed by atoms with Gasteiger partial charge in [-0.3, -0.25) is 9.59 Å². The van der Waals surface area contributed by atoms with Crippen molar-refractivity contribution < 1.29 is 14.3 Å². The molecular formula is C14H19N3O3. The number of primary amides is 1. The first-order valence-electron chi connectivity index (χ1n) is 6.55. The average molecular weight is 277 g/mol. The van der Waals surface area contributed by atoms with Crippen molar-refractivity contribution >= 4 is 17.5 Å². The Balaban J connectivity index is 2.14. The molecule has 1 aliphatic heterocycles. The topological polar surface area (TPSA) is 93.5 Å². The lowest BCUT2D eigenvalue weighted by Crippen LogP contribution is -2.53. The van der Waals surface area contributed by atoms with Gasteiger partial charge < -0.3 is 21.1 Å². The molecule has 0 bridgehead atoms. The van der Waals surface area contributed by atoms with E-state index in [1.807, 2.05) is 13.8 Å². The minimum absolute atomic E-state index is 0.179. The molecule has 0 aliphatic carbocycles. The van der Waals surface area contributed by atoms with Gasteiger partial charge in [0.1, 0.15) is 6.04 Å². The summed E-state index contributed by atoms with van der Waals surface area (Å²) in [5, 5.41) is 5.93. The third kappa shape index (κ3) is 3.15. The van der Waals surface area contributed by atoms with E-state index in [0.717, 1.165) is 5.56 Å². The number of hydrogen-bond acceptors (Lipinski definition) is 4. The van der Waals surface area contributed by atoms with Crippen LogP contribution in [0.3, 0.4) is 0 Å². The molecule has 2 atom stereocenters. The van der Waals surface area contributed by atoms with E-state index in [4.69, 9.17) is 10.5 Å². The van der Waals surface area contributed by atoms with Crippen molar-refractivity contribution in [3.8, 4) is 0 Å². The molecule has 1 saturated heterocycles. The third-order valence-electron chi connectivity index (χ3n) is 3.38. The molecule has 6 heteroatoms. The Morgan fingerprint density at radius 1 is 1.45 bits per heavy atom. The van der Waals surface area contributed by atoms with Crippen LogP contribution in [0.2, 0.25) is 0 Å². The van der Waals surface area contributed by atoms with Crippen LogP contribution in [0.1, 0.15) is 22.8 Å². The average Bonchev–Trinajstić information content (AvgIpc) is 2.41. The Kier molecular flexibility index (Phi) is 4.36. The summed E-state index contributed by atoms with van der Waals surface area (Å²) in [4.78, 5) is 23.4. The molecule has 0 unspecified atom stereocenters. The zero-order chi connectivity index (χ0) is 14.7. The van der Waals surface area contributed by atoms with Crippen molar-refractivity contribution in [3.05, 3.63) is 29.3 Å². The number of anilines is 1. The molecule has 0 radical (unpaired) electrons. The van der Waals surface area contributed by atoms with E-state index < -0.39 is 11.9 Å². The fraction of sp³-hybridized carbons (Fsp3) is 0.429. The van der Waals surface area contributed by atoms with Crippen LogP contribution in [0.5, 0.6) is 0 Å². The summed E-state index contributed by atoms with van der Waals surface area (Å²) < 4.78 is 5.44. The quantitative estimate of drug-likeness (QED) is 0.746. The van der Waals surface area contributed by atoms with E-state index in [0.29, 0.717) is 24.4 Å². The van der Waals surface area contributed by atoms with Gasteiger partial charge in [0.2, 0.25) is 11.8 Å². The lowest BCUT2D eigenvalue weighted by atomic mass is 10.1. The summed E-state index contributed by atoms with van der Waals surface area (Å²) in [5.74, 6) is -0.699. The first-order valence-corrected chi connectivity index (χ1v) is 6.55. The highest BCUT2D eigenvalue weighted by atomic mass is 16.5.